The Kier molecular flexibility index (Phi) is 13.5. The van der Waals surface area contributed by atoms with Gasteiger partial charge in [-0.1, -0.05) is 11.6 Å². The molecule has 0 spiro atoms. The number of carbonyl (C=O) groups excluding carboxylic acids is 4. The first-order valence-electron chi connectivity index (χ1n) is 16.8. The molecule has 54 heavy (non-hydrogen) atoms. The van der Waals surface area contributed by atoms with Crippen LogP contribution in [-0.4, -0.2) is 131 Å². The van der Waals surface area contributed by atoms with Gasteiger partial charge in [-0.05, 0) is 51.1 Å². The number of amides is 4. The number of imidazole rings is 1. The molecule has 5 rings (SSSR count). The fourth-order valence-electron chi connectivity index (χ4n) is 6.11. The summed E-state index contributed by atoms with van der Waals surface area (Å²) in [5.41, 5.74) is -0.503. The third-order valence-corrected chi connectivity index (χ3v) is 9.41. The normalized spacial score (nSPS) is 15.8. The smallest absolute Gasteiger partial charge is 0.410 e. The van der Waals surface area contributed by atoms with Gasteiger partial charge in [0.15, 0.2) is 23.9 Å². The maximum absolute atomic E-state index is 14.7. The molecule has 1 N–H and O–H groups in total. The van der Waals surface area contributed by atoms with Crippen LogP contribution in [0.3, 0.4) is 0 Å². The summed E-state index contributed by atoms with van der Waals surface area (Å²) in [5.74, 6) is -5.32. The molecule has 2 aliphatic heterocycles. The Morgan fingerprint density at radius 2 is 1.57 bits per heavy atom. The van der Waals surface area contributed by atoms with Gasteiger partial charge in [0.25, 0.3) is 17.7 Å². The maximum atomic E-state index is 14.7. The van der Waals surface area contributed by atoms with Crippen molar-refractivity contribution in [2.24, 2.45) is 7.05 Å². The number of likely N-dealkylation sites (N-methyl/N-ethyl adjacent to an activating group) is 1. The Labute approximate surface area is 331 Å². The average Bonchev–Trinajstić information content (AvgIpc) is 3.46. The van der Waals surface area contributed by atoms with Crippen molar-refractivity contribution in [3.8, 4) is 17.0 Å². The number of halogens is 6. The summed E-state index contributed by atoms with van der Waals surface area (Å²) >= 11 is 6.48. The molecule has 2 aromatic carbocycles. The first kappa shape index (κ1) is 42.6. The van der Waals surface area contributed by atoms with Gasteiger partial charge in [-0.2, -0.15) is 13.2 Å². The quantitative estimate of drug-likeness (QED) is 0.208. The lowest BCUT2D eigenvalue weighted by atomic mass is 10.1. The van der Waals surface area contributed by atoms with E-state index in [9.17, 15) is 36.7 Å². The van der Waals surface area contributed by atoms with E-state index in [2.05, 4.69) is 15.0 Å². The molecule has 1 aromatic heterocycles. The van der Waals surface area contributed by atoms with E-state index in [0.29, 0.717) is 56.8 Å². The summed E-state index contributed by atoms with van der Waals surface area (Å²) in [6, 6.07) is 6.20. The molecule has 2 saturated heterocycles. The fourth-order valence-corrected chi connectivity index (χ4v) is 6.37. The van der Waals surface area contributed by atoms with Crippen LogP contribution in [0.5, 0.6) is 5.75 Å². The van der Waals surface area contributed by atoms with Crippen LogP contribution in [0.15, 0.2) is 36.5 Å². The van der Waals surface area contributed by atoms with Gasteiger partial charge < -0.3 is 57.6 Å². The van der Waals surface area contributed by atoms with Crippen LogP contribution in [0.4, 0.5) is 28.0 Å². The van der Waals surface area contributed by atoms with E-state index in [4.69, 9.17) is 16.3 Å². The molecule has 0 saturated carbocycles. The summed E-state index contributed by atoms with van der Waals surface area (Å²) in [6.07, 6.45) is 0.765. The monoisotopic (exact) mass is 893 g/mol. The van der Waals surface area contributed by atoms with E-state index >= 15 is 0 Å². The lowest BCUT2D eigenvalue weighted by molar-refractivity contribution is -0.905. The Morgan fingerprint density at radius 1 is 0.944 bits per heavy atom. The summed E-state index contributed by atoms with van der Waals surface area (Å²) in [4.78, 5) is 61.1. The van der Waals surface area contributed by atoms with Crippen molar-refractivity contribution in [2.45, 2.75) is 33.0 Å². The number of carbonyl (C=O) groups is 4. The molecule has 2 fully saturated rings. The number of nitrogens with one attached hydrogen (secondary N) is 1. The topological polar surface area (TPSA) is 126 Å². The minimum absolute atomic E-state index is 0. The first-order valence-corrected chi connectivity index (χ1v) is 17.2. The van der Waals surface area contributed by atoms with Gasteiger partial charge in [0, 0.05) is 44.5 Å². The number of benzene rings is 2. The third-order valence-electron chi connectivity index (χ3n) is 9.10. The van der Waals surface area contributed by atoms with Crippen LogP contribution in [0.25, 0.3) is 11.3 Å². The molecule has 19 heteroatoms. The Balaban J connectivity index is 0.00000650. The molecule has 0 bridgehead atoms. The number of ether oxygens (including phenoxy) is 2. The van der Waals surface area contributed by atoms with Crippen LogP contribution in [0, 0.1) is 11.6 Å². The zero-order chi connectivity index (χ0) is 38.8. The molecular weight excluding hydrogens is 853 g/mol. The summed E-state index contributed by atoms with van der Waals surface area (Å²) in [7, 11) is 3.38. The second-order valence-electron chi connectivity index (χ2n) is 14.2. The second kappa shape index (κ2) is 17.1. The SMILES string of the molecule is Cn1c(-c2ccc(OC(F)F)c(F)c2F)cnc1C(=O)Nc1ccc(C(=O)N2CCN(C(=O)C[N+]3(C)CCN(C(=O)OC(C)(C)C)CC3)CC2)c(Cl)c1.[I-]. The molecule has 4 amide bonds. The predicted molar refractivity (Wildman–Crippen MR) is 186 cm³/mol. The van der Waals surface area contributed by atoms with E-state index in [1.807, 2.05) is 27.8 Å². The molecular formula is C35H41ClF4IN7O6. The van der Waals surface area contributed by atoms with Gasteiger partial charge in [-0.15, -0.1) is 0 Å². The molecule has 294 valence electrons. The number of quaternary nitrogens is 1. The van der Waals surface area contributed by atoms with Crippen LogP contribution in [-0.2, 0) is 16.6 Å². The molecule has 2 aliphatic rings. The van der Waals surface area contributed by atoms with Crippen molar-refractivity contribution in [3.63, 3.8) is 0 Å². The lowest BCUT2D eigenvalue weighted by Gasteiger charge is -2.43. The van der Waals surface area contributed by atoms with Crippen LogP contribution in [0.1, 0.15) is 41.7 Å². The zero-order valence-electron chi connectivity index (χ0n) is 30.3. The number of hydrogen-bond donors (Lipinski definition) is 1. The number of rotatable bonds is 8. The number of piperazine rings is 2. The van der Waals surface area contributed by atoms with Crippen molar-refractivity contribution in [2.75, 3.05) is 71.3 Å². The summed E-state index contributed by atoms with van der Waals surface area (Å²) in [5, 5.41) is 2.67. The number of hydrogen-bond acceptors (Lipinski definition) is 7. The van der Waals surface area contributed by atoms with Crippen LogP contribution in [0.2, 0.25) is 5.02 Å². The lowest BCUT2D eigenvalue weighted by Crippen LogP contribution is -3.00. The Morgan fingerprint density at radius 3 is 2.17 bits per heavy atom. The van der Waals surface area contributed by atoms with Gasteiger partial charge in [-0.25, -0.2) is 14.2 Å². The van der Waals surface area contributed by atoms with E-state index in [1.54, 1.807) is 14.7 Å². The number of nitrogens with zero attached hydrogens (tertiary/aromatic N) is 6. The highest BCUT2D eigenvalue weighted by molar-refractivity contribution is 6.34. The van der Waals surface area contributed by atoms with Gasteiger partial charge in [0.1, 0.15) is 5.60 Å². The van der Waals surface area contributed by atoms with E-state index in [-0.39, 0.29) is 81.8 Å². The maximum Gasteiger partial charge on any atom is 0.410 e. The number of aromatic nitrogens is 2. The zero-order valence-corrected chi connectivity index (χ0v) is 33.2. The van der Waals surface area contributed by atoms with Gasteiger partial charge in [0.2, 0.25) is 5.82 Å². The van der Waals surface area contributed by atoms with Crippen molar-refractivity contribution in [3.05, 3.63) is 64.6 Å². The summed E-state index contributed by atoms with van der Waals surface area (Å²) < 4.78 is 65.2. The molecule has 0 aliphatic carbocycles. The third kappa shape index (κ3) is 9.92. The minimum Gasteiger partial charge on any atom is -1.00 e. The number of anilines is 1. The standard InChI is InChI=1S/C35H40ClF4N7O6.HI/c1-35(2,3)53-34(51)46-14-16-47(5,17-15-46)20-27(48)44-10-12-45(13-11-44)32(50)22-7-6-21(18-24(22)36)42-31(49)30-41-19-25(43(30)4)23-8-9-26(52-33(39)40)29(38)28(23)37;/h6-9,18-19,33H,10-17,20H2,1-5H3;1H. The van der Waals surface area contributed by atoms with E-state index < -0.39 is 35.5 Å². The molecule has 0 atom stereocenters. The molecule has 3 heterocycles. The van der Waals surface area contributed by atoms with Crippen molar-refractivity contribution < 1.29 is 74.7 Å². The first-order chi connectivity index (χ1) is 24.9. The highest BCUT2D eigenvalue weighted by Gasteiger charge is 2.37. The Hall–Kier alpha value is -4.17. The molecule has 0 radical (unpaired) electrons. The average molecular weight is 894 g/mol. The predicted octanol–water partition coefficient (Wildman–Crippen LogP) is 1.86. The van der Waals surface area contributed by atoms with Crippen molar-refractivity contribution in [1.29, 1.82) is 0 Å². The van der Waals surface area contributed by atoms with Crippen LogP contribution < -0.4 is 34.0 Å². The molecule has 0 unspecified atom stereocenters. The van der Waals surface area contributed by atoms with Crippen LogP contribution >= 0.6 is 11.6 Å². The van der Waals surface area contributed by atoms with Gasteiger partial charge in [-0.3, -0.25) is 19.3 Å². The van der Waals surface area contributed by atoms with Crippen molar-refractivity contribution in [1.82, 2.24) is 24.3 Å². The van der Waals surface area contributed by atoms with Gasteiger partial charge in [0.05, 0.1) is 55.7 Å². The minimum atomic E-state index is -3.35. The second-order valence-corrected chi connectivity index (χ2v) is 14.6. The number of alkyl halides is 2. The molecule has 3 aromatic rings. The highest BCUT2D eigenvalue weighted by Crippen LogP contribution is 2.31. The largest absolute Gasteiger partial charge is 1.00 e. The summed E-state index contributed by atoms with van der Waals surface area (Å²) in [6.45, 7) is 5.85. The van der Waals surface area contributed by atoms with E-state index in [1.165, 1.54) is 29.8 Å². The van der Waals surface area contributed by atoms with Gasteiger partial charge >= 0.3 is 12.7 Å². The Bertz CT molecular complexity index is 1890. The fraction of sp³-hybridized carbons (Fsp3) is 0.457. The van der Waals surface area contributed by atoms with E-state index in [0.717, 1.165) is 18.3 Å². The van der Waals surface area contributed by atoms with Crippen molar-refractivity contribution >= 4 is 41.1 Å². The highest BCUT2D eigenvalue weighted by atomic mass is 127. The molecule has 13 nitrogen and oxygen atoms in total.